The van der Waals surface area contributed by atoms with Crippen LogP contribution in [0.15, 0.2) is 152 Å². The summed E-state index contributed by atoms with van der Waals surface area (Å²) in [5.41, 5.74) is 15.6. The lowest BCUT2D eigenvalue weighted by Crippen LogP contribution is -2.15. The van der Waals surface area contributed by atoms with Gasteiger partial charge in [-0.2, -0.15) is 0 Å². The summed E-state index contributed by atoms with van der Waals surface area (Å²) in [5.74, 6) is 0.755. The molecule has 52 heavy (non-hydrogen) atoms. The molecular weight excluding hydrogens is 631 g/mol. The fourth-order valence-corrected chi connectivity index (χ4v) is 9.64. The molecule has 2 aromatic heterocycles. The van der Waals surface area contributed by atoms with Crippen molar-refractivity contribution < 1.29 is 0 Å². The van der Waals surface area contributed by atoms with Crippen molar-refractivity contribution in [1.29, 1.82) is 0 Å². The van der Waals surface area contributed by atoms with Gasteiger partial charge < -0.3 is 4.57 Å². The quantitative estimate of drug-likeness (QED) is 0.185. The van der Waals surface area contributed by atoms with Crippen LogP contribution < -0.4 is 0 Å². The van der Waals surface area contributed by atoms with E-state index in [9.17, 15) is 0 Å². The van der Waals surface area contributed by atoms with Crippen LogP contribution in [-0.4, -0.2) is 14.5 Å². The molecule has 0 radical (unpaired) electrons. The molecule has 0 spiro atoms. The van der Waals surface area contributed by atoms with E-state index in [1.807, 2.05) is 0 Å². The number of hydrogen-bond acceptors (Lipinski definition) is 2. The second-order valence-corrected chi connectivity index (χ2v) is 14.9. The van der Waals surface area contributed by atoms with Crippen molar-refractivity contribution in [2.24, 2.45) is 0 Å². The van der Waals surface area contributed by atoms with E-state index in [2.05, 4.69) is 170 Å². The highest BCUT2D eigenvalue weighted by molar-refractivity contribution is 6.15. The van der Waals surface area contributed by atoms with E-state index in [1.54, 1.807) is 0 Å². The molecule has 0 atom stereocenters. The van der Waals surface area contributed by atoms with E-state index in [-0.39, 0.29) is 5.41 Å². The minimum atomic E-state index is -0.153. The molecule has 0 bridgehead atoms. The van der Waals surface area contributed by atoms with Crippen LogP contribution >= 0.6 is 0 Å². The molecule has 0 N–H and O–H groups in total. The van der Waals surface area contributed by atoms with Gasteiger partial charge in [-0.05, 0) is 85.9 Å². The van der Waals surface area contributed by atoms with Crippen molar-refractivity contribution in [3.8, 4) is 50.6 Å². The Kier molecular flexibility index (Phi) is 5.31. The Hall–Kier alpha value is -6.58. The van der Waals surface area contributed by atoms with E-state index in [0.717, 1.165) is 39.1 Å². The molecule has 2 heterocycles. The molecular formula is C49H31N3. The number of aromatic nitrogens is 3. The molecule has 2 aliphatic rings. The molecule has 242 valence electrons. The van der Waals surface area contributed by atoms with Gasteiger partial charge in [0.05, 0.1) is 27.9 Å². The topological polar surface area (TPSA) is 30.7 Å². The first kappa shape index (κ1) is 28.2. The van der Waals surface area contributed by atoms with Gasteiger partial charge in [-0.1, -0.05) is 129 Å². The average Bonchev–Trinajstić information content (AvgIpc) is 3.77. The van der Waals surface area contributed by atoms with Crippen LogP contribution in [0, 0.1) is 0 Å². The molecule has 3 heteroatoms. The lowest BCUT2D eigenvalue weighted by molar-refractivity contribution is 0.667. The zero-order valence-corrected chi connectivity index (χ0v) is 28.8. The molecule has 8 aromatic carbocycles. The molecule has 2 aliphatic carbocycles. The average molecular weight is 662 g/mol. The summed E-state index contributed by atoms with van der Waals surface area (Å²) >= 11 is 0. The maximum absolute atomic E-state index is 5.30. The van der Waals surface area contributed by atoms with Crippen molar-refractivity contribution in [2.45, 2.75) is 19.3 Å². The van der Waals surface area contributed by atoms with Crippen LogP contribution in [0.5, 0.6) is 0 Å². The van der Waals surface area contributed by atoms with Gasteiger partial charge >= 0.3 is 0 Å². The van der Waals surface area contributed by atoms with Gasteiger partial charge in [0.25, 0.3) is 0 Å². The largest absolute Gasteiger partial charge is 0.309 e. The van der Waals surface area contributed by atoms with Gasteiger partial charge in [0, 0.05) is 38.1 Å². The van der Waals surface area contributed by atoms with Gasteiger partial charge in [0.1, 0.15) is 0 Å². The Bertz CT molecular complexity index is 3220. The summed E-state index contributed by atoms with van der Waals surface area (Å²) in [5, 5.41) is 8.62. The molecule has 0 aliphatic heterocycles. The zero-order valence-electron chi connectivity index (χ0n) is 28.8. The first-order valence-corrected chi connectivity index (χ1v) is 18.1. The minimum Gasteiger partial charge on any atom is -0.309 e. The maximum Gasteiger partial charge on any atom is 0.161 e. The van der Waals surface area contributed by atoms with Crippen molar-refractivity contribution in [1.82, 2.24) is 14.5 Å². The van der Waals surface area contributed by atoms with Gasteiger partial charge in [0.2, 0.25) is 0 Å². The Morgan fingerprint density at radius 3 is 2.06 bits per heavy atom. The van der Waals surface area contributed by atoms with Crippen molar-refractivity contribution in [2.75, 3.05) is 0 Å². The molecule has 10 aromatic rings. The number of fused-ring (bicyclic) bond motifs is 12. The summed E-state index contributed by atoms with van der Waals surface area (Å²) in [7, 11) is 0. The Morgan fingerprint density at radius 2 is 1.17 bits per heavy atom. The van der Waals surface area contributed by atoms with E-state index in [1.165, 1.54) is 76.9 Å². The first-order chi connectivity index (χ1) is 25.6. The highest BCUT2D eigenvalue weighted by Crippen LogP contribution is 2.53. The van der Waals surface area contributed by atoms with Crippen molar-refractivity contribution in [3.05, 3.63) is 163 Å². The third kappa shape index (κ3) is 3.50. The number of hydrogen-bond donors (Lipinski definition) is 0. The number of benzene rings is 8. The number of para-hydroxylation sites is 1. The summed E-state index contributed by atoms with van der Waals surface area (Å²) in [6.45, 7) is 4.78. The number of rotatable bonds is 2. The Balaban J connectivity index is 1.11. The van der Waals surface area contributed by atoms with Gasteiger partial charge in [-0.25, -0.2) is 9.97 Å². The Labute approximate surface area is 300 Å². The standard InChI is InChI=1S/C49H31N3/c1-49(2)40-27-44-39(26-38(40)35-23-22-28-12-3-4-13-29(28)46(35)49)33-17-9-10-21-42(33)52(44)43-25-24-37(30-14-5-7-16-32(30)43)48-50-41-20-11-19-34-31-15-6-8-18-36(31)47(51-48)45(34)41/h3-27H,1-2H3. The summed E-state index contributed by atoms with van der Waals surface area (Å²) in [6.07, 6.45) is 0. The molecule has 0 saturated carbocycles. The lowest BCUT2D eigenvalue weighted by Gasteiger charge is -2.23. The van der Waals surface area contributed by atoms with Gasteiger partial charge in [0.15, 0.2) is 5.82 Å². The SMILES string of the molecule is CC1(C)c2cc3c(cc2-c2ccc4ccccc4c21)c1ccccc1n3-c1ccc(-c2nc3c4c(cccc4n2)-c2ccccc2-3)c2ccccc12. The third-order valence-corrected chi connectivity index (χ3v) is 11.9. The van der Waals surface area contributed by atoms with Crippen LogP contribution in [0.1, 0.15) is 25.0 Å². The van der Waals surface area contributed by atoms with Crippen LogP contribution in [0.25, 0.3) is 105 Å². The van der Waals surface area contributed by atoms with Crippen LogP contribution in [0.2, 0.25) is 0 Å². The zero-order chi connectivity index (χ0) is 34.3. The molecule has 3 nitrogen and oxygen atoms in total. The maximum atomic E-state index is 5.30. The van der Waals surface area contributed by atoms with E-state index < -0.39 is 0 Å². The summed E-state index contributed by atoms with van der Waals surface area (Å²) in [6, 6.07) is 55.5. The Morgan fingerprint density at radius 1 is 0.462 bits per heavy atom. The molecule has 0 saturated heterocycles. The first-order valence-electron chi connectivity index (χ1n) is 18.1. The van der Waals surface area contributed by atoms with Crippen LogP contribution in [-0.2, 0) is 5.41 Å². The second-order valence-electron chi connectivity index (χ2n) is 14.9. The van der Waals surface area contributed by atoms with Crippen molar-refractivity contribution in [3.63, 3.8) is 0 Å². The van der Waals surface area contributed by atoms with Crippen LogP contribution in [0.3, 0.4) is 0 Å². The highest BCUT2D eigenvalue weighted by Gasteiger charge is 2.38. The monoisotopic (exact) mass is 661 g/mol. The summed E-state index contributed by atoms with van der Waals surface area (Å²) < 4.78 is 2.48. The van der Waals surface area contributed by atoms with Crippen LogP contribution in [0.4, 0.5) is 0 Å². The van der Waals surface area contributed by atoms with E-state index in [0.29, 0.717) is 0 Å². The third-order valence-electron chi connectivity index (χ3n) is 11.9. The highest BCUT2D eigenvalue weighted by atomic mass is 15.0. The fourth-order valence-electron chi connectivity index (χ4n) is 9.64. The smallest absolute Gasteiger partial charge is 0.161 e. The minimum absolute atomic E-state index is 0.153. The fraction of sp³-hybridized carbons (Fsp3) is 0.0612. The molecule has 0 unspecified atom stereocenters. The lowest BCUT2D eigenvalue weighted by atomic mass is 9.80. The van der Waals surface area contributed by atoms with Gasteiger partial charge in [-0.15, -0.1) is 0 Å². The molecule has 12 rings (SSSR count). The molecule has 0 amide bonds. The predicted molar refractivity (Wildman–Crippen MR) is 216 cm³/mol. The normalized spacial score (nSPS) is 13.7. The number of nitrogens with zero attached hydrogens (tertiary/aromatic N) is 3. The predicted octanol–water partition coefficient (Wildman–Crippen LogP) is 12.7. The van der Waals surface area contributed by atoms with Crippen molar-refractivity contribution >= 4 is 54.3 Å². The summed E-state index contributed by atoms with van der Waals surface area (Å²) in [4.78, 5) is 10.5. The van der Waals surface area contributed by atoms with E-state index >= 15 is 0 Å². The van der Waals surface area contributed by atoms with E-state index in [4.69, 9.17) is 9.97 Å². The van der Waals surface area contributed by atoms with Gasteiger partial charge in [-0.3, -0.25) is 0 Å². The second kappa shape index (κ2) is 9.80. The molecule has 0 fully saturated rings.